The number of nitrogens with two attached hydrogens (primary N) is 1. The van der Waals surface area contributed by atoms with E-state index in [9.17, 15) is 4.79 Å². The van der Waals surface area contributed by atoms with E-state index < -0.39 is 0 Å². The van der Waals surface area contributed by atoms with Crippen LogP contribution in [0.3, 0.4) is 0 Å². The number of carbonyl (C=O) groups excluding carboxylic acids is 1. The maximum Gasteiger partial charge on any atom is 0.321 e. The van der Waals surface area contributed by atoms with Crippen molar-refractivity contribution in [1.82, 2.24) is 4.90 Å². The van der Waals surface area contributed by atoms with Gasteiger partial charge in [-0.1, -0.05) is 25.0 Å². The molecule has 1 aromatic rings. The van der Waals surface area contributed by atoms with Crippen LogP contribution in [0.4, 0.5) is 10.5 Å². The summed E-state index contributed by atoms with van der Waals surface area (Å²) in [5.41, 5.74) is 7.64. The van der Waals surface area contributed by atoms with Crippen LogP contribution < -0.4 is 11.1 Å². The van der Waals surface area contributed by atoms with Gasteiger partial charge in [0.05, 0.1) is 0 Å². The van der Waals surface area contributed by atoms with Gasteiger partial charge in [-0.05, 0) is 49.9 Å². The highest BCUT2D eigenvalue weighted by Gasteiger charge is 2.15. The molecule has 0 saturated carbocycles. The Kier molecular flexibility index (Phi) is 5.87. The Morgan fingerprint density at radius 2 is 1.95 bits per heavy atom. The number of anilines is 1. The fourth-order valence-corrected chi connectivity index (χ4v) is 2.59. The molecule has 1 aromatic carbocycles. The number of carbonyl (C=O) groups is 1. The number of amides is 2. The van der Waals surface area contributed by atoms with Gasteiger partial charge in [-0.15, -0.1) is 0 Å². The van der Waals surface area contributed by atoms with Gasteiger partial charge in [0.15, 0.2) is 0 Å². The molecule has 0 aromatic heterocycles. The number of hydrogen-bond acceptors (Lipinski definition) is 2. The summed E-state index contributed by atoms with van der Waals surface area (Å²) in [6, 6.07) is 8.09. The smallest absolute Gasteiger partial charge is 0.321 e. The van der Waals surface area contributed by atoms with Crippen molar-refractivity contribution in [3.8, 4) is 0 Å². The maximum absolute atomic E-state index is 12.2. The van der Waals surface area contributed by atoms with Crippen LogP contribution in [0, 0.1) is 0 Å². The van der Waals surface area contributed by atoms with E-state index in [1.54, 1.807) is 0 Å². The molecular weight excluding hydrogens is 250 g/mol. The number of rotatable bonds is 4. The lowest BCUT2D eigenvalue weighted by Gasteiger charge is -2.21. The van der Waals surface area contributed by atoms with Gasteiger partial charge < -0.3 is 16.0 Å². The van der Waals surface area contributed by atoms with Gasteiger partial charge in [0.1, 0.15) is 0 Å². The second-order valence-corrected chi connectivity index (χ2v) is 5.42. The SMILES string of the molecule is NCCCc1cccc(NC(=O)N2CCCCCC2)c1. The second-order valence-electron chi connectivity index (χ2n) is 5.42. The molecule has 0 bridgehead atoms. The number of nitrogens with zero attached hydrogens (tertiary/aromatic N) is 1. The molecule has 1 aliphatic heterocycles. The number of nitrogens with one attached hydrogen (secondary N) is 1. The predicted octanol–water partition coefficient (Wildman–Crippen LogP) is 2.99. The lowest BCUT2D eigenvalue weighted by Crippen LogP contribution is -2.35. The van der Waals surface area contributed by atoms with Gasteiger partial charge in [-0.25, -0.2) is 4.79 Å². The van der Waals surface area contributed by atoms with Gasteiger partial charge in [0.2, 0.25) is 0 Å². The van der Waals surface area contributed by atoms with Crippen LogP contribution >= 0.6 is 0 Å². The summed E-state index contributed by atoms with van der Waals surface area (Å²) in [7, 11) is 0. The molecule has 0 aliphatic carbocycles. The fourth-order valence-electron chi connectivity index (χ4n) is 2.59. The predicted molar refractivity (Wildman–Crippen MR) is 82.9 cm³/mol. The van der Waals surface area contributed by atoms with Crippen LogP contribution in [0.5, 0.6) is 0 Å². The van der Waals surface area contributed by atoms with E-state index in [2.05, 4.69) is 11.4 Å². The highest BCUT2D eigenvalue weighted by Crippen LogP contribution is 2.15. The summed E-state index contributed by atoms with van der Waals surface area (Å²) in [4.78, 5) is 14.2. The molecule has 20 heavy (non-hydrogen) atoms. The van der Waals surface area contributed by atoms with Crippen molar-refractivity contribution in [3.05, 3.63) is 29.8 Å². The monoisotopic (exact) mass is 275 g/mol. The van der Waals surface area contributed by atoms with Crippen molar-refractivity contribution in [2.45, 2.75) is 38.5 Å². The average molecular weight is 275 g/mol. The Bertz CT molecular complexity index is 425. The summed E-state index contributed by atoms with van der Waals surface area (Å²) in [5.74, 6) is 0. The maximum atomic E-state index is 12.2. The minimum Gasteiger partial charge on any atom is -0.330 e. The van der Waals surface area contributed by atoms with E-state index in [1.165, 1.54) is 18.4 Å². The molecule has 3 N–H and O–H groups in total. The number of urea groups is 1. The Morgan fingerprint density at radius 3 is 2.65 bits per heavy atom. The zero-order valence-electron chi connectivity index (χ0n) is 12.1. The average Bonchev–Trinajstić information content (AvgIpc) is 2.74. The van der Waals surface area contributed by atoms with Crippen LogP contribution in [-0.4, -0.2) is 30.6 Å². The summed E-state index contributed by atoms with van der Waals surface area (Å²) in [5, 5.41) is 3.01. The minimum absolute atomic E-state index is 0.0304. The molecule has 0 unspecified atom stereocenters. The van der Waals surface area contributed by atoms with E-state index in [1.807, 2.05) is 23.1 Å². The zero-order chi connectivity index (χ0) is 14.2. The highest BCUT2D eigenvalue weighted by atomic mass is 16.2. The number of likely N-dealkylation sites (tertiary alicyclic amines) is 1. The van der Waals surface area contributed by atoms with Crippen LogP contribution in [0.2, 0.25) is 0 Å². The first-order valence-electron chi connectivity index (χ1n) is 7.64. The third-order valence-electron chi connectivity index (χ3n) is 3.74. The summed E-state index contributed by atoms with van der Waals surface area (Å²) in [6.45, 7) is 2.45. The molecule has 1 aliphatic rings. The number of benzene rings is 1. The van der Waals surface area contributed by atoms with E-state index in [4.69, 9.17) is 5.73 Å². The Labute approximate surface area is 121 Å². The Morgan fingerprint density at radius 1 is 1.20 bits per heavy atom. The molecule has 2 rings (SSSR count). The lowest BCUT2D eigenvalue weighted by atomic mass is 10.1. The first kappa shape index (κ1) is 14.9. The summed E-state index contributed by atoms with van der Waals surface area (Å²) < 4.78 is 0. The van der Waals surface area contributed by atoms with Gasteiger partial charge in [0.25, 0.3) is 0 Å². The normalized spacial score (nSPS) is 15.8. The fraction of sp³-hybridized carbons (Fsp3) is 0.562. The van der Waals surface area contributed by atoms with Crippen molar-refractivity contribution >= 4 is 11.7 Å². The molecular formula is C16H25N3O. The van der Waals surface area contributed by atoms with E-state index in [0.29, 0.717) is 6.54 Å². The zero-order valence-corrected chi connectivity index (χ0v) is 12.1. The molecule has 0 radical (unpaired) electrons. The molecule has 0 atom stereocenters. The second kappa shape index (κ2) is 7.90. The van der Waals surface area contributed by atoms with Crippen LogP contribution in [-0.2, 0) is 6.42 Å². The first-order valence-corrected chi connectivity index (χ1v) is 7.64. The number of hydrogen-bond donors (Lipinski definition) is 2. The molecule has 4 nitrogen and oxygen atoms in total. The molecule has 4 heteroatoms. The van der Waals surface area contributed by atoms with Crippen molar-refractivity contribution in [3.63, 3.8) is 0 Å². The van der Waals surface area contributed by atoms with Crippen molar-refractivity contribution in [2.75, 3.05) is 25.0 Å². The van der Waals surface area contributed by atoms with E-state index in [-0.39, 0.29) is 6.03 Å². The van der Waals surface area contributed by atoms with Crippen LogP contribution in [0.25, 0.3) is 0 Å². The van der Waals surface area contributed by atoms with Gasteiger partial charge in [-0.3, -0.25) is 0 Å². The molecule has 1 fully saturated rings. The van der Waals surface area contributed by atoms with Crippen LogP contribution in [0.1, 0.15) is 37.7 Å². The summed E-state index contributed by atoms with van der Waals surface area (Å²) >= 11 is 0. The van der Waals surface area contributed by atoms with Crippen molar-refractivity contribution < 1.29 is 4.79 Å². The Hall–Kier alpha value is -1.55. The molecule has 1 heterocycles. The standard InChI is InChI=1S/C16H25N3O/c17-10-6-8-14-7-5-9-15(13-14)18-16(20)19-11-3-1-2-4-12-19/h5,7,9,13H,1-4,6,8,10-12,17H2,(H,18,20). The van der Waals surface area contributed by atoms with E-state index >= 15 is 0 Å². The highest BCUT2D eigenvalue weighted by molar-refractivity contribution is 5.89. The largest absolute Gasteiger partial charge is 0.330 e. The van der Waals surface area contributed by atoms with Crippen molar-refractivity contribution in [1.29, 1.82) is 0 Å². The number of aryl methyl sites for hydroxylation is 1. The Balaban J connectivity index is 1.92. The van der Waals surface area contributed by atoms with Gasteiger partial charge >= 0.3 is 6.03 Å². The summed E-state index contributed by atoms with van der Waals surface area (Å²) in [6.07, 6.45) is 6.64. The molecule has 1 saturated heterocycles. The van der Waals surface area contributed by atoms with Gasteiger partial charge in [0, 0.05) is 18.8 Å². The molecule has 110 valence electrons. The molecule has 0 spiro atoms. The minimum atomic E-state index is 0.0304. The van der Waals surface area contributed by atoms with Gasteiger partial charge in [-0.2, -0.15) is 0 Å². The van der Waals surface area contributed by atoms with E-state index in [0.717, 1.165) is 44.5 Å². The third-order valence-corrected chi connectivity index (χ3v) is 3.74. The van der Waals surface area contributed by atoms with Crippen molar-refractivity contribution in [2.24, 2.45) is 5.73 Å². The first-order chi connectivity index (χ1) is 9.79. The topological polar surface area (TPSA) is 58.4 Å². The van der Waals surface area contributed by atoms with Crippen LogP contribution in [0.15, 0.2) is 24.3 Å². The quantitative estimate of drug-likeness (QED) is 0.887. The molecule has 2 amide bonds. The lowest BCUT2D eigenvalue weighted by molar-refractivity contribution is 0.214. The third kappa shape index (κ3) is 4.53.